The highest BCUT2D eigenvalue weighted by Gasteiger charge is 2.19. The summed E-state index contributed by atoms with van der Waals surface area (Å²) in [6.45, 7) is 4.94. The van der Waals surface area contributed by atoms with Crippen LogP contribution in [0.5, 0.6) is 11.5 Å². The molecule has 1 heterocycles. The number of aromatic nitrogens is 1. The summed E-state index contributed by atoms with van der Waals surface area (Å²) in [5.74, 6) is -0.479. The highest BCUT2D eigenvalue weighted by molar-refractivity contribution is 6.14. The Morgan fingerprint density at radius 2 is 2.04 bits per heavy atom. The van der Waals surface area contributed by atoms with Crippen LogP contribution in [0.25, 0.3) is 6.08 Å². The van der Waals surface area contributed by atoms with Crippen LogP contribution in [0.4, 0.5) is 8.78 Å². The number of Topliss-reactive ketones (excluding diaryl/α,β-unsaturated/α-hetero) is 1. The lowest BCUT2D eigenvalue weighted by Gasteiger charge is -2.10. The number of nitriles is 1. The maximum atomic E-state index is 12.9. The number of allylic oxidation sites excluding steroid dienone is 2. The largest absolute Gasteiger partial charge is 0.493 e. The van der Waals surface area contributed by atoms with Gasteiger partial charge in [-0.2, -0.15) is 14.0 Å². The lowest BCUT2D eigenvalue weighted by Crippen LogP contribution is -2.06. The molecule has 1 aromatic heterocycles. The minimum Gasteiger partial charge on any atom is -0.493 e. The highest BCUT2D eigenvalue weighted by atomic mass is 19.3. The number of carbonyl (C=O) groups excluding carboxylic acids is 1. The molecule has 0 bridgehead atoms. The first-order valence-corrected chi connectivity index (χ1v) is 8.39. The van der Waals surface area contributed by atoms with Crippen molar-refractivity contribution >= 4 is 11.9 Å². The van der Waals surface area contributed by atoms with E-state index in [0.717, 1.165) is 11.4 Å². The molecular formula is C21H20F2N2O3. The van der Waals surface area contributed by atoms with Crippen LogP contribution in [0, 0.1) is 25.2 Å². The Labute approximate surface area is 162 Å². The van der Waals surface area contributed by atoms with Crippen molar-refractivity contribution in [1.82, 2.24) is 4.57 Å². The molecule has 2 rings (SSSR count). The predicted octanol–water partition coefficient (Wildman–Crippen LogP) is 4.69. The number of halogens is 2. The van der Waals surface area contributed by atoms with Gasteiger partial charge in [-0.1, -0.05) is 12.1 Å². The normalized spacial score (nSPS) is 11.2. The SMILES string of the molecule is C=CCn1c(C)cc(C(=O)/C(C#N)=C/c2ccc(OC(F)F)c(OC)c2)c1C. The number of aryl methyl sites for hydroxylation is 1. The van der Waals surface area contributed by atoms with Gasteiger partial charge in [0.25, 0.3) is 0 Å². The number of benzene rings is 1. The van der Waals surface area contributed by atoms with E-state index in [9.17, 15) is 18.8 Å². The number of methoxy groups -OCH3 is 1. The maximum Gasteiger partial charge on any atom is 0.387 e. The average Bonchev–Trinajstić information content (AvgIpc) is 2.94. The average molecular weight is 386 g/mol. The van der Waals surface area contributed by atoms with Crippen molar-refractivity contribution < 1.29 is 23.0 Å². The Hall–Kier alpha value is -3.40. The molecule has 0 aliphatic rings. The van der Waals surface area contributed by atoms with Gasteiger partial charge in [0.15, 0.2) is 11.5 Å². The Bertz CT molecular complexity index is 969. The molecule has 0 fully saturated rings. The van der Waals surface area contributed by atoms with Crippen molar-refractivity contribution in [2.75, 3.05) is 7.11 Å². The van der Waals surface area contributed by atoms with E-state index >= 15 is 0 Å². The van der Waals surface area contributed by atoms with Gasteiger partial charge in [0.2, 0.25) is 5.78 Å². The Morgan fingerprint density at radius 3 is 2.61 bits per heavy atom. The second-order valence-corrected chi connectivity index (χ2v) is 5.97. The third kappa shape index (κ3) is 4.46. The number of ether oxygens (including phenoxy) is 2. The molecular weight excluding hydrogens is 366 g/mol. The Balaban J connectivity index is 2.41. The lowest BCUT2D eigenvalue weighted by molar-refractivity contribution is -0.0512. The molecule has 0 aliphatic heterocycles. The van der Waals surface area contributed by atoms with Crippen LogP contribution >= 0.6 is 0 Å². The second kappa shape index (κ2) is 9.00. The fraction of sp³-hybridized carbons (Fsp3) is 0.238. The van der Waals surface area contributed by atoms with Gasteiger partial charge in [0.1, 0.15) is 11.6 Å². The minimum absolute atomic E-state index is 0.0722. The number of hydrogen-bond acceptors (Lipinski definition) is 4. The monoisotopic (exact) mass is 386 g/mol. The van der Waals surface area contributed by atoms with Crippen LogP contribution in [0.3, 0.4) is 0 Å². The molecule has 2 aromatic rings. The van der Waals surface area contributed by atoms with Crippen LogP contribution in [0.1, 0.15) is 27.3 Å². The maximum absolute atomic E-state index is 12.9. The van der Waals surface area contributed by atoms with E-state index < -0.39 is 12.4 Å². The van der Waals surface area contributed by atoms with E-state index in [1.807, 2.05) is 17.6 Å². The number of rotatable bonds is 8. The molecule has 0 saturated heterocycles. The number of ketones is 1. The van der Waals surface area contributed by atoms with Crippen LogP contribution < -0.4 is 9.47 Å². The molecule has 0 radical (unpaired) electrons. The van der Waals surface area contributed by atoms with Gasteiger partial charge in [-0.25, -0.2) is 0 Å². The first-order chi connectivity index (χ1) is 13.3. The summed E-state index contributed by atoms with van der Waals surface area (Å²) in [5, 5.41) is 9.47. The molecule has 0 saturated carbocycles. The molecule has 0 atom stereocenters. The number of alkyl halides is 2. The minimum atomic E-state index is -2.99. The molecule has 1 aromatic carbocycles. The topological polar surface area (TPSA) is 64.2 Å². The molecule has 0 spiro atoms. The van der Waals surface area contributed by atoms with Crippen molar-refractivity contribution in [3.05, 3.63) is 65.0 Å². The highest BCUT2D eigenvalue weighted by Crippen LogP contribution is 2.30. The summed E-state index contributed by atoms with van der Waals surface area (Å²) < 4.78 is 36.2. The van der Waals surface area contributed by atoms with Gasteiger partial charge >= 0.3 is 6.61 Å². The zero-order valence-corrected chi connectivity index (χ0v) is 15.8. The first-order valence-electron chi connectivity index (χ1n) is 8.39. The van der Waals surface area contributed by atoms with E-state index in [1.54, 1.807) is 19.1 Å². The van der Waals surface area contributed by atoms with Crippen LogP contribution in [-0.2, 0) is 6.54 Å². The van der Waals surface area contributed by atoms with Crippen molar-refractivity contribution in [1.29, 1.82) is 5.26 Å². The fourth-order valence-electron chi connectivity index (χ4n) is 2.87. The third-order valence-electron chi connectivity index (χ3n) is 4.21. The lowest BCUT2D eigenvalue weighted by atomic mass is 10.0. The molecule has 28 heavy (non-hydrogen) atoms. The zero-order valence-electron chi connectivity index (χ0n) is 15.8. The van der Waals surface area contributed by atoms with E-state index in [0.29, 0.717) is 17.7 Å². The third-order valence-corrected chi connectivity index (χ3v) is 4.21. The van der Waals surface area contributed by atoms with Crippen LogP contribution in [0.15, 0.2) is 42.5 Å². The van der Waals surface area contributed by atoms with Crippen molar-refractivity contribution in [3.63, 3.8) is 0 Å². The summed E-state index contributed by atoms with van der Waals surface area (Å²) in [7, 11) is 1.31. The Kier molecular flexibility index (Phi) is 6.72. The number of carbonyl (C=O) groups is 1. The van der Waals surface area contributed by atoms with Crippen molar-refractivity contribution in [2.45, 2.75) is 27.0 Å². The smallest absolute Gasteiger partial charge is 0.387 e. The van der Waals surface area contributed by atoms with Crippen LogP contribution in [-0.4, -0.2) is 24.1 Å². The van der Waals surface area contributed by atoms with Crippen molar-refractivity contribution in [2.24, 2.45) is 0 Å². The summed E-state index contributed by atoms with van der Waals surface area (Å²) in [6.07, 6.45) is 3.11. The molecule has 0 N–H and O–H groups in total. The number of nitrogens with zero attached hydrogens (tertiary/aromatic N) is 2. The summed E-state index contributed by atoms with van der Waals surface area (Å²) in [6, 6.07) is 7.82. The molecule has 146 valence electrons. The summed E-state index contributed by atoms with van der Waals surface area (Å²) in [4.78, 5) is 12.9. The molecule has 0 aliphatic carbocycles. The van der Waals surface area contributed by atoms with E-state index in [2.05, 4.69) is 11.3 Å². The van der Waals surface area contributed by atoms with Crippen molar-refractivity contribution in [3.8, 4) is 17.6 Å². The van der Waals surface area contributed by atoms with Gasteiger partial charge in [-0.05, 0) is 43.7 Å². The van der Waals surface area contributed by atoms with Gasteiger partial charge in [0, 0.05) is 23.5 Å². The summed E-state index contributed by atoms with van der Waals surface area (Å²) in [5.41, 5.74) is 2.42. The molecule has 5 nitrogen and oxygen atoms in total. The molecule has 0 unspecified atom stereocenters. The molecule has 0 amide bonds. The standard InChI is InChI=1S/C21H20F2N2O3/c1-5-8-25-13(2)9-17(14(25)3)20(26)16(12-24)10-15-6-7-18(28-21(22)23)19(11-15)27-4/h5-7,9-11,21H,1,8H2,2-4H3/b16-10+. The fourth-order valence-corrected chi connectivity index (χ4v) is 2.87. The Morgan fingerprint density at radius 1 is 1.32 bits per heavy atom. The molecule has 7 heteroatoms. The van der Waals surface area contributed by atoms with E-state index in [-0.39, 0.29) is 17.1 Å². The van der Waals surface area contributed by atoms with Gasteiger partial charge in [-0.15, -0.1) is 6.58 Å². The van der Waals surface area contributed by atoms with E-state index in [4.69, 9.17) is 4.74 Å². The van der Waals surface area contributed by atoms with Gasteiger partial charge < -0.3 is 14.0 Å². The second-order valence-electron chi connectivity index (χ2n) is 5.97. The number of hydrogen-bond donors (Lipinski definition) is 0. The van der Waals surface area contributed by atoms with Gasteiger partial charge in [-0.3, -0.25) is 4.79 Å². The quantitative estimate of drug-likeness (QED) is 0.286. The predicted molar refractivity (Wildman–Crippen MR) is 102 cm³/mol. The van der Waals surface area contributed by atoms with Gasteiger partial charge in [0.05, 0.1) is 7.11 Å². The zero-order chi connectivity index (χ0) is 20.8. The van der Waals surface area contributed by atoms with Crippen LogP contribution in [0.2, 0.25) is 0 Å². The summed E-state index contributed by atoms with van der Waals surface area (Å²) >= 11 is 0. The first kappa shape index (κ1) is 20.9. The van der Waals surface area contributed by atoms with E-state index in [1.165, 1.54) is 31.4 Å².